The lowest BCUT2D eigenvalue weighted by Gasteiger charge is -2.41. The van der Waals surface area contributed by atoms with Crippen molar-refractivity contribution in [3.05, 3.63) is 51.5 Å². The number of thiazole rings is 1. The van der Waals surface area contributed by atoms with Crippen molar-refractivity contribution in [1.29, 1.82) is 0 Å². The molecule has 172 valence electrons. The van der Waals surface area contributed by atoms with Gasteiger partial charge >= 0.3 is 0 Å². The Kier molecular flexibility index (Phi) is 10.7. The first kappa shape index (κ1) is 26.0. The van der Waals surface area contributed by atoms with E-state index in [0.717, 1.165) is 55.8 Å². The van der Waals surface area contributed by atoms with Gasteiger partial charge in [-0.3, -0.25) is 0 Å². The van der Waals surface area contributed by atoms with E-state index >= 15 is 0 Å². The predicted molar refractivity (Wildman–Crippen MR) is 141 cm³/mol. The van der Waals surface area contributed by atoms with Crippen LogP contribution in [-0.4, -0.2) is 42.8 Å². The number of guanidine groups is 1. The molecule has 0 spiro atoms. The summed E-state index contributed by atoms with van der Waals surface area (Å²) in [6, 6.07) is 10.9. The Bertz CT molecular complexity index is 801. The Morgan fingerprint density at radius 3 is 2.52 bits per heavy atom. The summed E-state index contributed by atoms with van der Waals surface area (Å²) in [5.41, 5.74) is 2.37. The van der Waals surface area contributed by atoms with Gasteiger partial charge in [-0.25, -0.2) is 9.98 Å². The Labute approximate surface area is 207 Å². The lowest BCUT2D eigenvalue weighted by Crippen LogP contribution is -2.58. The third kappa shape index (κ3) is 7.69. The number of aliphatic imine (C=N–C) groups is 1. The third-order valence-corrected chi connectivity index (χ3v) is 6.71. The van der Waals surface area contributed by atoms with E-state index in [1.165, 1.54) is 10.4 Å². The van der Waals surface area contributed by atoms with E-state index in [1.54, 1.807) is 11.3 Å². The van der Waals surface area contributed by atoms with Crippen molar-refractivity contribution >= 4 is 41.3 Å². The normalized spacial score (nSPS) is 17.0. The van der Waals surface area contributed by atoms with Crippen LogP contribution in [-0.2, 0) is 11.3 Å². The molecule has 0 amide bonds. The molecule has 1 saturated heterocycles. The van der Waals surface area contributed by atoms with E-state index in [-0.39, 0.29) is 35.6 Å². The van der Waals surface area contributed by atoms with Gasteiger partial charge in [0.2, 0.25) is 0 Å². The van der Waals surface area contributed by atoms with Crippen LogP contribution in [0.4, 0.5) is 0 Å². The molecule has 1 unspecified atom stereocenters. The van der Waals surface area contributed by atoms with Gasteiger partial charge in [0.05, 0.1) is 12.2 Å². The van der Waals surface area contributed by atoms with Crippen LogP contribution in [0.15, 0.2) is 35.3 Å². The minimum Gasteiger partial charge on any atom is -0.381 e. The number of aryl methyl sites for hydroxylation is 2. The first-order valence-corrected chi connectivity index (χ1v) is 11.7. The van der Waals surface area contributed by atoms with E-state index < -0.39 is 0 Å². The number of hydrogen-bond acceptors (Lipinski definition) is 5. The highest BCUT2D eigenvalue weighted by Crippen LogP contribution is 2.25. The first-order chi connectivity index (χ1) is 14.5. The van der Waals surface area contributed by atoms with Crippen LogP contribution in [0.2, 0.25) is 0 Å². The lowest BCUT2D eigenvalue weighted by molar-refractivity contribution is 0.0355. The van der Waals surface area contributed by atoms with Crippen LogP contribution in [0.25, 0.3) is 0 Å². The summed E-state index contributed by atoms with van der Waals surface area (Å²) in [5, 5.41) is 11.9. The maximum atomic E-state index is 5.66. The number of aromatic nitrogens is 1. The molecule has 6 nitrogen and oxygen atoms in total. The van der Waals surface area contributed by atoms with Crippen molar-refractivity contribution in [2.24, 2.45) is 4.99 Å². The molecule has 0 radical (unpaired) electrons. The number of hydrogen-bond donors (Lipinski definition) is 3. The molecule has 3 rings (SSSR count). The highest BCUT2D eigenvalue weighted by Gasteiger charge is 2.34. The molecule has 3 N–H and O–H groups in total. The molecule has 0 bridgehead atoms. The van der Waals surface area contributed by atoms with Crippen molar-refractivity contribution < 1.29 is 4.74 Å². The molecule has 1 aliphatic rings. The maximum absolute atomic E-state index is 5.66. The summed E-state index contributed by atoms with van der Waals surface area (Å²) < 4.78 is 5.66. The molecule has 2 heterocycles. The van der Waals surface area contributed by atoms with Crippen LogP contribution in [0.5, 0.6) is 0 Å². The van der Waals surface area contributed by atoms with Gasteiger partial charge in [0, 0.05) is 42.8 Å². The zero-order chi connectivity index (χ0) is 21.4. The lowest BCUT2D eigenvalue weighted by atomic mass is 9.88. The predicted octanol–water partition coefficient (Wildman–Crippen LogP) is 4.33. The third-order valence-electron chi connectivity index (χ3n) is 5.66. The quantitative estimate of drug-likeness (QED) is 0.256. The maximum Gasteiger partial charge on any atom is 0.191 e. The van der Waals surface area contributed by atoms with Crippen LogP contribution >= 0.6 is 35.3 Å². The van der Waals surface area contributed by atoms with Crippen molar-refractivity contribution in [1.82, 2.24) is 20.9 Å². The minimum atomic E-state index is -0.0297. The second-order valence-corrected chi connectivity index (χ2v) is 9.26. The summed E-state index contributed by atoms with van der Waals surface area (Å²) in [6.45, 7) is 12.3. The molecular weight excluding hydrogens is 521 g/mol. The second kappa shape index (κ2) is 12.7. The SMILES string of the molecule is CCNC(=NCc1nc(C)c(C)s1)NCC1(NC(C)c2ccccc2)CCOCC1.I. The van der Waals surface area contributed by atoms with Crippen LogP contribution in [0.3, 0.4) is 0 Å². The van der Waals surface area contributed by atoms with Crippen LogP contribution in [0.1, 0.15) is 53.9 Å². The number of nitrogens with zero attached hydrogens (tertiary/aromatic N) is 2. The topological polar surface area (TPSA) is 70.6 Å². The summed E-state index contributed by atoms with van der Waals surface area (Å²) in [5.74, 6) is 0.836. The number of benzene rings is 1. The molecule has 8 heteroatoms. The van der Waals surface area contributed by atoms with Gasteiger partial charge in [0.1, 0.15) is 5.01 Å². The first-order valence-electron chi connectivity index (χ1n) is 10.9. The summed E-state index contributed by atoms with van der Waals surface area (Å²) >= 11 is 1.72. The van der Waals surface area contributed by atoms with E-state index in [1.807, 2.05) is 0 Å². The van der Waals surface area contributed by atoms with Gasteiger partial charge in [-0.15, -0.1) is 35.3 Å². The number of rotatable bonds is 8. The van der Waals surface area contributed by atoms with Crippen molar-refractivity contribution in [3.8, 4) is 0 Å². The fraction of sp³-hybridized carbons (Fsp3) is 0.565. The fourth-order valence-electron chi connectivity index (χ4n) is 3.77. The molecular formula is C23H36IN5OS. The van der Waals surface area contributed by atoms with Gasteiger partial charge in [-0.2, -0.15) is 0 Å². The zero-order valence-corrected chi connectivity index (χ0v) is 22.2. The van der Waals surface area contributed by atoms with Gasteiger partial charge in [-0.05, 0) is 46.1 Å². The van der Waals surface area contributed by atoms with E-state index in [4.69, 9.17) is 9.73 Å². The average molecular weight is 558 g/mol. The summed E-state index contributed by atoms with van der Waals surface area (Å²) in [4.78, 5) is 10.6. The molecule has 1 aromatic carbocycles. The van der Waals surface area contributed by atoms with Crippen molar-refractivity contribution in [2.75, 3.05) is 26.3 Å². The van der Waals surface area contributed by atoms with E-state index in [0.29, 0.717) is 6.54 Å². The van der Waals surface area contributed by atoms with Gasteiger partial charge in [0.15, 0.2) is 5.96 Å². The highest BCUT2D eigenvalue weighted by molar-refractivity contribution is 14.0. The molecule has 0 saturated carbocycles. The second-order valence-electron chi connectivity index (χ2n) is 7.97. The Hall–Kier alpha value is -1.23. The standard InChI is InChI=1S/C23H35N5OS.HI/c1-5-24-22(25-15-21-27-17(2)19(4)30-21)26-16-23(11-13-29-14-12-23)28-18(3)20-9-7-6-8-10-20;/h6-10,18,28H,5,11-16H2,1-4H3,(H2,24,25,26);1H. The average Bonchev–Trinajstić information content (AvgIpc) is 3.09. The fourth-order valence-corrected chi connectivity index (χ4v) is 4.63. The number of ether oxygens (including phenoxy) is 1. The van der Waals surface area contributed by atoms with E-state index in [2.05, 4.69) is 79.0 Å². The number of halogens is 1. The molecule has 1 atom stereocenters. The zero-order valence-electron chi connectivity index (χ0n) is 19.0. The van der Waals surface area contributed by atoms with Crippen LogP contribution in [0, 0.1) is 13.8 Å². The summed E-state index contributed by atoms with van der Waals surface area (Å²) in [6.07, 6.45) is 1.95. The Balaban J connectivity index is 0.00000341. The van der Waals surface area contributed by atoms with Crippen LogP contribution < -0.4 is 16.0 Å². The molecule has 2 aromatic rings. The molecule has 1 aromatic heterocycles. The number of nitrogens with one attached hydrogen (secondary N) is 3. The van der Waals surface area contributed by atoms with E-state index in [9.17, 15) is 0 Å². The largest absolute Gasteiger partial charge is 0.381 e. The summed E-state index contributed by atoms with van der Waals surface area (Å²) in [7, 11) is 0. The molecule has 1 fully saturated rings. The van der Waals surface area contributed by atoms with Crippen molar-refractivity contribution in [3.63, 3.8) is 0 Å². The van der Waals surface area contributed by atoms with Gasteiger partial charge in [-0.1, -0.05) is 30.3 Å². The van der Waals surface area contributed by atoms with Gasteiger partial charge in [0.25, 0.3) is 0 Å². The smallest absolute Gasteiger partial charge is 0.191 e. The Morgan fingerprint density at radius 2 is 1.90 bits per heavy atom. The minimum absolute atomic E-state index is 0. The highest BCUT2D eigenvalue weighted by atomic mass is 127. The molecule has 0 aliphatic carbocycles. The monoisotopic (exact) mass is 557 g/mol. The van der Waals surface area contributed by atoms with Gasteiger partial charge < -0.3 is 20.7 Å². The van der Waals surface area contributed by atoms with Crippen molar-refractivity contribution in [2.45, 2.75) is 58.7 Å². The Morgan fingerprint density at radius 1 is 1.19 bits per heavy atom. The molecule has 31 heavy (non-hydrogen) atoms. The molecule has 1 aliphatic heterocycles.